The molecule has 0 bridgehead atoms. The Morgan fingerprint density at radius 1 is 1.15 bits per heavy atom. The predicted octanol–water partition coefficient (Wildman–Crippen LogP) is 3.71. The fourth-order valence-electron chi connectivity index (χ4n) is 2.65. The Labute approximate surface area is 161 Å². The lowest BCUT2D eigenvalue weighted by atomic mass is 10.1. The maximum atomic E-state index is 5.41. The highest BCUT2D eigenvalue weighted by Gasteiger charge is 2.13. The smallest absolute Gasteiger partial charge is 0.191 e. The average molecular weight is 375 g/mol. The van der Waals surface area contributed by atoms with Crippen molar-refractivity contribution in [3.05, 3.63) is 52.4 Å². The molecule has 6 heteroatoms. The highest BCUT2D eigenvalue weighted by atomic mass is 32.2. The summed E-state index contributed by atoms with van der Waals surface area (Å²) in [6, 6.07) is 8.73. The number of nitrogens with one attached hydrogen (secondary N) is 2. The van der Waals surface area contributed by atoms with Crippen LogP contribution in [-0.4, -0.2) is 30.5 Å². The van der Waals surface area contributed by atoms with Gasteiger partial charge in [0.15, 0.2) is 5.96 Å². The number of guanidine groups is 1. The Hall–Kier alpha value is -1.95. The summed E-state index contributed by atoms with van der Waals surface area (Å²) in [6.45, 7) is 7.86. The molecule has 1 aromatic heterocycles. The minimum Gasteiger partial charge on any atom is -0.361 e. The van der Waals surface area contributed by atoms with E-state index in [0.717, 1.165) is 53.9 Å². The number of nitrogens with zero attached hydrogens (tertiary/aromatic N) is 2. The van der Waals surface area contributed by atoms with E-state index in [-0.39, 0.29) is 0 Å². The van der Waals surface area contributed by atoms with Gasteiger partial charge in [-0.3, -0.25) is 4.99 Å². The first-order valence-electron chi connectivity index (χ1n) is 9.22. The zero-order chi connectivity index (χ0) is 18.8. The highest BCUT2D eigenvalue weighted by Crippen LogP contribution is 2.15. The molecule has 0 radical (unpaired) electrons. The van der Waals surface area contributed by atoms with Gasteiger partial charge in [-0.15, -0.1) is 0 Å². The van der Waals surface area contributed by atoms with E-state index >= 15 is 0 Å². The second kappa shape index (κ2) is 10.9. The van der Waals surface area contributed by atoms with E-state index in [9.17, 15) is 0 Å². The Kier molecular flexibility index (Phi) is 8.54. The Balaban J connectivity index is 1.71. The number of hydrogen-bond acceptors (Lipinski definition) is 4. The van der Waals surface area contributed by atoms with Gasteiger partial charge in [-0.05, 0) is 18.9 Å². The van der Waals surface area contributed by atoms with Crippen molar-refractivity contribution in [2.75, 3.05) is 19.3 Å². The normalized spacial score (nSPS) is 11.6. The van der Waals surface area contributed by atoms with Crippen LogP contribution in [0.4, 0.5) is 0 Å². The number of benzene rings is 1. The van der Waals surface area contributed by atoms with Gasteiger partial charge in [-0.25, -0.2) is 0 Å². The standard InChI is InChI=1S/C20H30N4OS/c1-5-18-17(19(6-2)25-24-18)13-23-20(21-4)22-11-12-26-14-16-9-7-15(3)8-10-16/h7-10H,5-6,11-14H2,1-4H3,(H2,21,22,23). The summed E-state index contributed by atoms with van der Waals surface area (Å²) < 4.78 is 5.41. The fourth-order valence-corrected chi connectivity index (χ4v) is 3.47. The van der Waals surface area contributed by atoms with Crippen molar-refractivity contribution in [2.24, 2.45) is 4.99 Å². The van der Waals surface area contributed by atoms with Crippen molar-refractivity contribution in [2.45, 2.75) is 45.9 Å². The van der Waals surface area contributed by atoms with Crippen molar-refractivity contribution in [1.29, 1.82) is 0 Å². The lowest BCUT2D eigenvalue weighted by molar-refractivity contribution is 0.380. The van der Waals surface area contributed by atoms with Crippen LogP contribution in [0.3, 0.4) is 0 Å². The van der Waals surface area contributed by atoms with E-state index in [2.05, 4.69) is 65.8 Å². The number of aliphatic imine (C=N–C) groups is 1. The zero-order valence-corrected chi connectivity index (χ0v) is 17.1. The van der Waals surface area contributed by atoms with E-state index < -0.39 is 0 Å². The third kappa shape index (κ3) is 6.09. The first-order chi connectivity index (χ1) is 12.7. The fraction of sp³-hybridized carbons (Fsp3) is 0.500. The molecule has 0 aliphatic heterocycles. The third-order valence-corrected chi connectivity index (χ3v) is 5.22. The Bertz CT molecular complexity index is 673. The summed E-state index contributed by atoms with van der Waals surface area (Å²) in [5.74, 6) is 3.83. The summed E-state index contributed by atoms with van der Waals surface area (Å²) in [5, 5.41) is 10.9. The summed E-state index contributed by atoms with van der Waals surface area (Å²) in [6.07, 6.45) is 1.73. The van der Waals surface area contributed by atoms with Crippen LogP contribution in [0, 0.1) is 6.92 Å². The van der Waals surface area contributed by atoms with Gasteiger partial charge >= 0.3 is 0 Å². The van der Waals surface area contributed by atoms with Gasteiger partial charge in [0, 0.05) is 43.6 Å². The van der Waals surface area contributed by atoms with Crippen LogP contribution >= 0.6 is 11.8 Å². The molecular formula is C20H30N4OS. The molecule has 2 N–H and O–H groups in total. The summed E-state index contributed by atoms with van der Waals surface area (Å²) >= 11 is 1.92. The van der Waals surface area contributed by atoms with Crippen molar-refractivity contribution in [3.63, 3.8) is 0 Å². The van der Waals surface area contributed by atoms with Crippen LogP contribution in [-0.2, 0) is 25.1 Å². The first kappa shape index (κ1) is 20.4. The van der Waals surface area contributed by atoms with Gasteiger partial charge in [0.05, 0.1) is 5.69 Å². The Morgan fingerprint density at radius 3 is 2.58 bits per heavy atom. The summed E-state index contributed by atoms with van der Waals surface area (Å²) in [7, 11) is 1.80. The van der Waals surface area contributed by atoms with Crippen molar-refractivity contribution < 1.29 is 4.52 Å². The summed E-state index contributed by atoms with van der Waals surface area (Å²) in [5.41, 5.74) is 4.86. The molecular weight excluding hydrogens is 344 g/mol. The molecule has 2 rings (SSSR count). The van der Waals surface area contributed by atoms with Gasteiger partial charge in [-0.1, -0.05) is 48.8 Å². The molecule has 0 amide bonds. The largest absolute Gasteiger partial charge is 0.361 e. The minimum atomic E-state index is 0.687. The van der Waals surface area contributed by atoms with E-state index in [4.69, 9.17) is 4.52 Å². The van der Waals surface area contributed by atoms with Gasteiger partial charge in [0.1, 0.15) is 5.76 Å². The van der Waals surface area contributed by atoms with Crippen LogP contribution in [0.1, 0.15) is 42.0 Å². The van der Waals surface area contributed by atoms with Crippen LogP contribution in [0.5, 0.6) is 0 Å². The molecule has 0 fully saturated rings. The van der Waals surface area contributed by atoms with Gasteiger partial charge in [0.2, 0.25) is 0 Å². The molecule has 0 saturated carbocycles. The van der Waals surface area contributed by atoms with Crippen molar-refractivity contribution in [3.8, 4) is 0 Å². The van der Waals surface area contributed by atoms with Crippen molar-refractivity contribution >= 4 is 17.7 Å². The molecule has 0 aliphatic carbocycles. The minimum absolute atomic E-state index is 0.687. The van der Waals surface area contributed by atoms with Crippen LogP contribution in [0.25, 0.3) is 0 Å². The van der Waals surface area contributed by atoms with Crippen LogP contribution in [0.15, 0.2) is 33.8 Å². The Morgan fingerprint density at radius 2 is 1.92 bits per heavy atom. The lowest BCUT2D eigenvalue weighted by Crippen LogP contribution is -2.38. The number of hydrogen-bond donors (Lipinski definition) is 2. The molecule has 0 saturated heterocycles. The topological polar surface area (TPSA) is 62.5 Å². The van der Waals surface area contributed by atoms with E-state index in [1.807, 2.05) is 11.8 Å². The molecule has 1 aromatic carbocycles. The molecule has 0 atom stereocenters. The highest BCUT2D eigenvalue weighted by molar-refractivity contribution is 7.98. The number of thioether (sulfide) groups is 1. The van der Waals surface area contributed by atoms with E-state index in [1.54, 1.807) is 7.05 Å². The molecule has 142 valence electrons. The first-order valence-corrected chi connectivity index (χ1v) is 10.4. The van der Waals surface area contributed by atoms with Gasteiger partial charge < -0.3 is 15.2 Å². The lowest BCUT2D eigenvalue weighted by Gasteiger charge is -2.12. The number of rotatable bonds is 9. The van der Waals surface area contributed by atoms with E-state index in [1.165, 1.54) is 11.1 Å². The molecule has 0 aliphatic rings. The van der Waals surface area contributed by atoms with Crippen molar-refractivity contribution in [1.82, 2.24) is 15.8 Å². The SMILES string of the molecule is CCc1noc(CC)c1CNC(=NC)NCCSCc1ccc(C)cc1. The quantitative estimate of drug-likeness (QED) is 0.398. The zero-order valence-electron chi connectivity index (χ0n) is 16.3. The third-order valence-electron chi connectivity index (χ3n) is 4.19. The second-order valence-corrected chi connectivity index (χ2v) is 7.23. The van der Waals surface area contributed by atoms with Crippen LogP contribution < -0.4 is 10.6 Å². The molecule has 2 aromatic rings. The molecule has 5 nitrogen and oxygen atoms in total. The maximum absolute atomic E-state index is 5.41. The summed E-state index contributed by atoms with van der Waals surface area (Å²) in [4.78, 5) is 4.30. The monoisotopic (exact) mass is 374 g/mol. The predicted molar refractivity (Wildman–Crippen MR) is 111 cm³/mol. The molecule has 26 heavy (non-hydrogen) atoms. The van der Waals surface area contributed by atoms with Gasteiger partial charge in [-0.2, -0.15) is 11.8 Å². The molecule has 0 spiro atoms. The van der Waals surface area contributed by atoms with Gasteiger partial charge in [0.25, 0.3) is 0 Å². The molecule has 1 heterocycles. The molecule has 0 unspecified atom stereocenters. The van der Waals surface area contributed by atoms with E-state index in [0.29, 0.717) is 6.54 Å². The second-order valence-electron chi connectivity index (χ2n) is 6.13. The van der Waals surface area contributed by atoms with Crippen LogP contribution in [0.2, 0.25) is 0 Å². The average Bonchev–Trinajstić information content (AvgIpc) is 3.07. The number of aryl methyl sites for hydroxylation is 3. The number of aromatic nitrogens is 1. The maximum Gasteiger partial charge on any atom is 0.191 e.